The number of nitrogens with zero attached hydrogens (tertiary/aromatic N) is 1. The van der Waals surface area contributed by atoms with Crippen molar-refractivity contribution in [3.63, 3.8) is 0 Å². The van der Waals surface area contributed by atoms with E-state index in [1.54, 1.807) is 0 Å². The van der Waals surface area contributed by atoms with E-state index < -0.39 is 0 Å². The van der Waals surface area contributed by atoms with Gasteiger partial charge in [-0.2, -0.15) is 0 Å². The Morgan fingerprint density at radius 1 is 1.50 bits per heavy atom. The molecule has 1 saturated heterocycles. The highest BCUT2D eigenvalue weighted by atomic mass is 16.5. The molecule has 0 aromatic carbocycles. The fraction of sp³-hybridized carbons (Fsp3) is 0.923. The van der Waals surface area contributed by atoms with Crippen molar-refractivity contribution < 1.29 is 9.53 Å². The molecule has 0 saturated carbocycles. The maximum absolute atomic E-state index is 11.4. The topological polar surface area (TPSA) is 53.6 Å². The van der Waals surface area contributed by atoms with Crippen molar-refractivity contribution in [2.75, 3.05) is 39.3 Å². The third-order valence-corrected chi connectivity index (χ3v) is 3.13. The monoisotopic (exact) mass is 257 g/mol. The lowest BCUT2D eigenvalue weighted by Crippen LogP contribution is -2.49. The van der Waals surface area contributed by atoms with Crippen LogP contribution in [0.25, 0.3) is 0 Å². The maximum Gasteiger partial charge on any atom is 0.233 e. The highest BCUT2D eigenvalue weighted by Crippen LogP contribution is 2.07. The van der Waals surface area contributed by atoms with Crippen LogP contribution in [0.4, 0.5) is 0 Å². The number of carbonyl (C=O) groups excluding carboxylic acids is 1. The van der Waals surface area contributed by atoms with Crippen LogP contribution in [0.5, 0.6) is 0 Å². The van der Waals surface area contributed by atoms with Crippen LogP contribution < -0.4 is 10.6 Å². The molecule has 18 heavy (non-hydrogen) atoms. The molecule has 1 unspecified atom stereocenters. The van der Waals surface area contributed by atoms with Crippen LogP contribution in [0.2, 0.25) is 0 Å². The zero-order chi connectivity index (χ0) is 13.4. The van der Waals surface area contributed by atoms with Crippen molar-refractivity contribution in [3.05, 3.63) is 0 Å². The first-order valence-electron chi connectivity index (χ1n) is 6.96. The molecule has 5 heteroatoms. The van der Waals surface area contributed by atoms with E-state index in [1.165, 1.54) is 0 Å². The van der Waals surface area contributed by atoms with Gasteiger partial charge in [-0.05, 0) is 20.3 Å². The van der Waals surface area contributed by atoms with Gasteiger partial charge in [-0.15, -0.1) is 0 Å². The molecule has 1 amide bonds. The number of nitrogens with one attached hydrogen (secondary N) is 2. The van der Waals surface area contributed by atoms with Gasteiger partial charge in [0.25, 0.3) is 0 Å². The van der Waals surface area contributed by atoms with Gasteiger partial charge in [0.15, 0.2) is 0 Å². The quantitative estimate of drug-likeness (QED) is 0.685. The molecule has 0 aromatic heterocycles. The minimum Gasteiger partial charge on any atom is -0.374 e. The normalized spacial score (nSPS) is 21.2. The molecule has 1 rings (SSSR count). The molecular weight excluding hydrogens is 230 g/mol. The van der Waals surface area contributed by atoms with Crippen molar-refractivity contribution in [1.29, 1.82) is 0 Å². The van der Waals surface area contributed by atoms with Crippen molar-refractivity contribution >= 4 is 5.91 Å². The molecular formula is C13H27N3O2. The number of ether oxygens (including phenoxy) is 1. The fourth-order valence-corrected chi connectivity index (χ4v) is 2.01. The number of amides is 1. The van der Waals surface area contributed by atoms with Crippen molar-refractivity contribution in [1.82, 2.24) is 15.5 Å². The first-order chi connectivity index (χ1) is 8.63. The second kappa shape index (κ2) is 8.45. The molecule has 106 valence electrons. The molecule has 1 heterocycles. The Bertz CT molecular complexity index is 246. The van der Waals surface area contributed by atoms with E-state index in [-0.39, 0.29) is 12.0 Å². The largest absolute Gasteiger partial charge is 0.374 e. The fourth-order valence-electron chi connectivity index (χ4n) is 2.01. The Morgan fingerprint density at radius 3 is 2.94 bits per heavy atom. The summed E-state index contributed by atoms with van der Waals surface area (Å²) in [5.41, 5.74) is 0. The SMILES string of the molecule is CCCNC(=O)CNCC1CN(C(C)C)CCO1. The van der Waals surface area contributed by atoms with Crippen LogP contribution in [0.15, 0.2) is 0 Å². The summed E-state index contributed by atoms with van der Waals surface area (Å²) in [5.74, 6) is 0.0633. The van der Waals surface area contributed by atoms with Gasteiger partial charge in [0.2, 0.25) is 5.91 Å². The third kappa shape index (κ3) is 5.80. The van der Waals surface area contributed by atoms with E-state index in [1.807, 2.05) is 6.92 Å². The molecule has 1 atom stereocenters. The van der Waals surface area contributed by atoms with Gasteiger partial charge in [-0.1, -0.05) is 6.92 Å². The van der Waals surface area contributed by atoms with Gasteiger partial charge in [0, 0.05) is 32.2 Å². The predicted molar refractivity (Wildman–Crippen MR) is 72.6 cm³/mol. The second-order valence-corrected chi connectivity index (χ2v) is 5.06. The van der Waals surface area contributed by atoms with Gasteiger partial charge < -0.3 is 15.4 Å². The molecule has 0 bridgehead atoms. The molecule has 0 spiro atoms. The Labute approximate surface area is 110 Å². The minimum absolute atomic E-state index is 0.0633. The van der Waals surface area contributed by atoms with Crippen LogP contribution in [0.3, 0.4) is 0 Å². The molecule has 5 nitrogen and oxygen atoms in total. The predicted octanol–water partition coefficient (Wildman–Crippen LogP) is 0.211. The summed E-state index contributed by atoms with van der Waals surface area (Å²) in [7, 11) is 0. The molecule has 1 aliphatic heterocycles. The number of morpholine rings is 1. The van der Waals surface area contributed by atoms with Gasteiger partial charge in [0.05, 0.1) is 19.3 Å². The maximum atomic E-state index is 11.4. The number of hydrogen-bond donors (Lipinski definition) is 2. The summed E-state index contributed by atoms with van der Waals surface area (Å²) in [6.45, 7) is 11.1. The molecule has 1 aliphatic rings. The lowest BCUT2D eigenvalue weighted by molar-refractivity contribution is -0.120. The van der Waals surface area contributed by atoms with Crippen LogP contribution in [-0.2, 0) is 9.53 Å². The molecule has 1 fully saturated rings. The van der Waals surface area contributed by atoms with Gasteiger partial charge in [0.1, 0.15) is 0 Å². The van der Waals surface area contributed by atoms with Crippen LogP contribution in [-0.4, -0.2) is 62.3 Å². The van der Waals surface area contributed by atoms with Crippen molar-refractivity contribution in [3.8, 4) is 0 Å². The van der Waals surface area contributed by atoms with Crippen LogP contribution in [0, 0.1) is 0 Å². The van der Waals surface area contributed by atoms with Gasteiger partial charge >= 0.3 is 0 Å². The highest BCUT2D eigenvalue weighted by Gasteiger charge is 2.21. The lowest BCUT2D eigenvalue weighted by Gasteiger charge is -2.35. The number of carbonyl (C=O) groups is 1. The zero-order valence-electron chi connectivity index (χ0n) is 11.9. The summed E-state index contributed by atoms with van der Waals surface area (Å²) >= 11 is 0. The highest BCUT2D eigenvalue weighted by molar-refractivity contribution is 5.77. The molecule has 0 aromatic rings. The van der Waals surface area contributed by atoms with Crippen molar-refractivity contribution in [2.24, 2.45) is 0 Å². The zero-order valence-corrected chi connectivity index (χ0v) is 11.9. The van der Waals surface area contributed by atoms with E-state index in [0.29, 0.717) is 12.6 Å². The van der Waals surface area contributed by atoms with Crippen LogP contribution in [0.1, 0.15) is 27.2 Å². The van der Waals surface area contributed by atoms with E-state index in [9.17, 15) is 4.79 Å². The van der Waals surface area contributed by atoms with Gasteiger partial charge in [-0.25, -0.2) is 0 Å². The van der Waals surface area contributed by atoms with E-state index in [2.05, 4.69) is 29.4 Å². The van der Waals surface area contributed by atoms with Crippen molar-refractivity contribution in [2.45, 2.75) is 39.3 Å². The van der Waals surface area contributed by atoms with E-state index in [0.717, 1.165) is 39.2 Å². The Morgan fingerprint density at radius 2 is 2.28 bits per heavy atom. The third-order valence-electron chi connectivity index (χ3n) is 3.13. The Kier molecular flexibility index (Phi) is 7.23. The summed E-state index contributed by atoms with van der Waals surface area (Å²) in [4.78, 5) is 13.8. The number of hydrogen-bond acceptors (Lipinski definition) is 4. The standard InChI is InChI=1S/C13H27N3O2/c1-4-5-15-13(17)9-14-8-12-10-16(11(2)3)6-7-18-12/h11-12,14H,4-10H2,1-3H3,(H,15,17). The molecule has 0 radical (unpaired) electrons. The Balaban J connectivity index is 2.13. The van der Waals surface area contributed by atoms with Crippen LogP contribution >= 0.6 is 0 Å². The first-order valence-corrected chi connectivity index (χ1v) is 6.96. The second-order valence-electron chi connectivity index (χ2n) is 5.06. The smallest absolute Gasteiger partial charge is 0.233 e. The van der Waals surface area contributed by atoms with Gasteiger partial charge in [-0.3, -0.25) is 9.69 Å². The summed E-state index contributed by atoms with van der Waals surface area (Å²) in [6.07, 6.45) is 1.17. The van der Waals surface area contributed by atoms with E-state index in [4.69, 9.17) is 4.74 Å². The molecule has 2 N–H and O–H groups in total. The first kappa shape index (κ1) is 15.4. The lowest BCUT2D eigenvalue weighted by atomic mass is 10.2. The summed E-state index contributed by atoms with van der Waals surface area (Å²) in [6, 6.07) is 0.559. The van der Waals surface area contributed by atoms with E-state index >= 15 is 0 Å². The number of rotatable bonds is 7. The summed E-state index contributed by atoms with van der Waals surface area (Å²) < 4.78 is 5.69. The average Bonchev–Trinajstić information content (AvgIpc) is 2.36. The summed E-state index contributed by atoms with van der Waals surface area (Å²) in [5, 5.41) is 6.00. The average molecular weight is 257 g/mol. The minimum atomic E-state index is 0.0633. The molecule has 0 aliphatic carbocycles. The Hall–Kier alpha value is -0.650.